The maximum Gasteiger partial charge on any atom is 0.328 e. The maximum absolute atomic E-state index is 12.2. The van der Waals surface area contributed by atoms with Crippen LogP contribution in [0.3, 0.4) is 0 Å². The fourth-order valence-electron chi connectivity index (χ4n) is 3.61. The number of aromatic nitrogens is 2. The zero-order chi connectivity index (χ0) is 18.8. The van der Waals surface area contributed by atoms with Gasteiger partial charge in [-0.25, -0.2) is 4.79 Å². The summed E-state index contributed by atoms with van der Waals surface area (Å²) in [5.41, 5.74) is 1.80. The molecule has 2 N–H and O–H groups in total. The molecule has 1 aromatic heterocycles. The minimum Gasteiger partial charge on any atom is -0.346 e. The van der Waals surface area contributed by atoms with Crippen LogP contribution in [0.1, 0.15) is 19.8 Å². The summed E-state index contributed by atoms with van der Waals surface area (Å²) in [4.78, 5) is 38.5. The van der Waals surface area contributed by atoms with Gasteiger partial charge in [-0.1, -0.05) is 6.92 Å². The Hall–Kier alpha value is -2.61. The molecule has 1 unspecified atom stereocenters. The predicted octanol–water partition coefficient (Wildman–Crippen LogP) is 0.416. The van der Waals surface area contributed by atoms with Crippen molar-refractivity contribution in [3.05, 3.63) is 28.7 Å². The lowest BCUT2D eigenvalue weighted by Crippen LogP contribution is -2.43. The number of anilines is 1. The molecule has 2 heterocycles. The molecule has 26 heavy (non-hydrogen) atoms. The molecule has 1 atom stereocenters. The average Bonchev–Trinajstić information content (AvgIpc) is 3.18. The molecule has 1 aliphatic heterocycles. The van der Waals surface area contributed by atoms with Crippen molar-refractivity contribution < 1.29 is 9.59 Å². The molecule has 8 nitrogen and oxygen atoms in total. The number of imidazole rings is 1. The molecule has 140 valence electrons. The van der Waals surface area contributed by atoms with Gasteiger partial charge in [0.2, 0.25) is 0 Å². The standard InChI is InChI=1S/C18H25N5O3/c1-4-23-9-5-6-13(23)11-19-16(24)17(25)20-12-7-8-14-15(10-12)22(3)18(26)21(14)2/h7-8,10,13H,4-6,9,11H2,1-3H3,(H,19,24)(H,20,25). The first kappa shape index (κ1) is 18.2. The van der Waals surface area contributed by atoms with Crippen LogP contribution < -0.4 is 16.3 Å². The lowest BCUT2D eigenvalue weighted by Gasteiger charge is -2.22. The fourth-order valence-corrected chi connectivity index (χ4v) is 3.61. The summed E-state index contributed by atoms with van der Waals surface area (Å²) < 4.78 is 3.04. The van der Waals surface area contributed by atoms with Gasteiger partial charge in [-0.15, -0.1) is 0 Å². The zero-order valence-electron chi connectivity index (χ0n) is 15.4. The summed E-state index contributed by atoms with van der Waals surface area (Å²) in [6.07, 6.45) is 2.16. The Morgan fingerprint density at radius 1 is 1.15 bits per heavy atom. The number of amides is 2. The second-order valence-electron chi connectivity index (χ2n) is 6.69. The molecule has 8 heteroatoms. The van der Waals surface area contributed by atoms with Crippen LogP contribution in [0.2, 0.25) is 0 Å². The third-order valence-corrected chi connectivity index (χ3v) is 5.14. The second-order valence-corrected chi connectivity index (χ2v) is 6.69. The Bertz CT molecular complexity index is 898. The Kier molecular flexibility index (Phi) is 5.13. The average molecular weight is 359 g/mol. The van der Waals surface area contributed by atoms with Gasteiger partial charge in [0.05, 0.1) is 11.0 Å². The van der Waals surface area contributed by atoms with E-state index in [0.29, 0.717) is 23.8 Å². The van der Waals surface area contributed by atoms with Gasteiger partial charge in [-0.05, 0) is 44.1 Å². The van der Waals surface area contributed by atoms with Crippen molar-refractivity contribution in [1.82, 2.24) is 19.4 Å². The van der Waals surface area contributed by atoms with Crippen molar-refractivity contribution in [3.8, 4) is 0 Å². The molecule has 1 fully saturated rings. The molecular weight excluding hydrogens is 334 g/mol. The van der Waals surface area contributed by atoms with Crippen LogP contribution in [0.15, 0.2) is 23.0 Å². The van der Waals surface area contributed by atoms with E-state index >= 15 is 0 Å². The smallest absolute Gasteiger partial charge is 0.328 e. The molecule has 0 spiro atoms. The van der Waals surface area contributed by atoms with Crippen molar-refractivity contribution in [2.24, 2.45) is 14.1 Å². The first-order chi connectivity index (χ1) is 12.4. The highest BCUT2D eigenvalue weighted by Gasteiger charge is 2.24. The summed E-state index contributed by atoms with van der Waals surface area (Å²) in [5, 5.41) is 5.32. The SMILES string of the molecule is CCN1CCCC1CNC(=O)C(=O)Nc1ccc2c(c1)n(C)c(=O)n2C. The highest BCUT2D eigenvalue weighted by atomic mass is 16.2. The van der Waals surface area contributed by atoms with E-state index in [1.54, 1.807) is 32.3 Å². The maximum atomic E-state index is 12.2. The summed E-state index contributed by atoms with van der Waals surface area (Å²) in [7, 11) is 3.36. The second kappa shape index (κ2) is 7.33. The van der Waals surface area contributed by atoms with Crippen LogP contribution in [0.5, 0.6) is 0 Å². The van der Waals surface area contributed by atoms with E-state index < -0.39 is 11.8 Å². The third kappa shape index (κ3) is 3.37. The van der Waals surface area contributed by atoms with Gasteiger partial charge < -0.3 is 10.6 Å². The van der Waals surface area contributed by atoms with Crippen LogP contribution in [0, 0.1) is 0 Å². The van der Waals surface area contributed by atoms with Crippen LogP contribution in [-0.2, 0) is 23.7 Å². The molecule has 1 aliphatic rings. The molecule has 3 rings (SSSR count). The number of likely N-dealkylation sites (N-methyl/N-ethyl adjacent to an activating group) is 1. The van der Waals surface area contributed by atoms with E-state index in [2.05, 4.69) is 22.5 Å². The number of aryl methyl sites for hydroxylation is 2. The third-order valence-electron chi connectivity index (χ3n) is 5.14. The molecule has 2 amide bonds. The predicted molar refractivity (Wildman–Crippen MR) is 100 cm³/mol. The Morgan fingerprint density at radius 3 is 2.62 bits per heavy atom. The Labute approximate surface area is 151 Å². The topological polar surface area (TPSA) is 88.4 Å². The van der Waals surface area contributed by atoms with Crippen LogP contribution >= 0.6 is 0 Å². The quantitative estimate of drug-likeness (QED) is 0.775. The summed E-state index contributed by atoms with van der Waals surface area (Å²) >= 11 is 0. The van der Waals surface area contributed by atoms with Gasteiger partial charge in [-0.2, -0.15) is 0 Å². The molecule has 0 bridgehead atoms. The Balaban J connectivity index is 1.64. The number of rotatable bonds is 4. The number of benzene rings is 1. The minimum absolute atomic E-state index is 0.140. The number of hydrogen-bond acceptors (Lipinski definition) is 4. The fraction of sp³-hybridized carbons (Fsp3) is 0.500. The van der Waals surface area contributed by atoms with E-state index in [1.807, 2.05) is 0 Å². The lowest BCUT2D eigenvalue weighted by atomic mass is 10.2. The molecule has 2 aromatic rings. The van der Waals surface area contributed by atoms with Crippen molar-refractivity contribution in [2.75, 3.05) is 25.0 Å². The first-order valence-corrected chi connectivity index (χ1v) is 8.91. The Morgan fingerprint density at radius 2 is 1.88 bits per heavy atom. The lowest BCUT2D eigenvalue weighted by molar-refractivity contribution is -0.136. The number of fused-ring (bicyclic) bond motifs is 1. The zero-order valence-corrected chi connectivity index (χ0v) is 15.4. The number of likely N-dealkylation sites (tertiary alicyclic amines) is 1. The van der Waals surface area contributed by atoms with Gasteiger partial charge in [0.25, 0.3) is 0 Å². The molecule has 0 saturated carbocycles. The van der Waals surface area contributed by atoms with E-state index in [0.717, 1.165) is 31.4 Å². The van der Waals surface area contributed by atoms with Crippen LogP contribution in [0.25, 0.3) is 11.0 Å². The summed E-state index contributed by atoms with van der Waals surface area (Å²) in [5.74, 6) is -1.35. The van der Waals surface area contributed by atoms with Gasteiger partial charge in [0.1, 0.15) is 0 Å². The van der Waals surface area contributed by atoms with Gasteiger partial charge >= 0.3 is 17.5 Å². The van der Waals surface area contributed by atoms with Gasteiger partial charge in [0.15, 0.2) is 0 Å². The van der Waals surface area contributed by atoms with E-state index in [9.17, 15) is 14.4 Å². The highest BCUT2D eigenvalue weighted by Crippen LogP contribution is 2.18. The van der Waals surface area contributed by atoms with Crippen molar-refractivity contribution >= 4 is 28.5 Å². The monoisotopic (exact) mass is 359 g/mol. The molecular formula is C18H25N5O3. The van der Waals surface area contributed by atoms with E-state index in [4.69, 9.17) is 0 Å². The normalized spacial score (nSPS) is 17.6. The van der Waals surface area contributed by atoms with Crippen molar-refractivity contribution in [3.63, 3.8) is 0 Å². The van der Waals surface area contributed by atoms with Crippen LogP contribution in [0.4, 0.5) is 5.69 Å². The van der Waals surface area contributed by atoms with Gasteiger partial charge in [0, 0.05) is 32.4 Å². The van der Waals surface area contributed by atoms with Gasteiger partial charge in [-0.3, -0.25) is 23.6 Å². The van der Waals surface area contributed by atoms with E-state index in [1.165, 1.54) is 9.13 Å². The van der Waals surface area contributed by atoms with Crippen molar-refractivity contribution in [1.29, 1.82) is 0 Å². The van der Waals surface area contributed by atoms with Crippen molar-refractivity contribution in [2.45, 2.75) is 25.8 Å². The number of hydrogen-bond donors (Lipinski definition) is 2. The largest absolute Gasteiger partial charge is 0.346 e. The van der Waals surface area contributed by atoms with Crippen LogP contribution in [-0.4, -0.2) is 51.5 Å². The first-order valence-electron chi connectivity index (χ1n) is 8.91. The molecule has 0 aliphatic carbocycles. The minimum atomic E-state index is -0.702. The highest BCUT2D eigenvalue weighted by molar-refractivity contribution is 6.39. The summed E-state index contributed by atoms with van der Waals surface area (Å²) in [6, 6.07) is 5.43. The number of carbonyl (C=O) groups is 2. The number of carbonyl (C=O) groups excluding carboxylic acids is 2. The molecule has 1 aromatic carbocycles. The van der Waals surface area contributed by atoms with E-state index in [-0.39, 0.29) is 5.69 Å². The summed E-state index contributed by atoms with van der Waals surface area (Å²) in [6.45, 7) is 4.56. The number of nitrogens with one attached hydrogen (secondary N) is 2. The number of nitrogens with zero attached hydrogens (tertiary/aromatic N) is 3. The molecule has 0 radical (unpaired) electrons. The molecule has 1 saturated heterocycles.